The lowest BCUT2D eigenvalue weighted by atomic mass is 10.2. The van der Waals surface area contributed by atoms with Gasteiger partial charge in [-0.2, -0.15) is 0 Å². The summed E-state index contributed by atoms with van der Waals surface area (Å²) in [7, 11) is -0.450. The highest BCUT2D eigenvalue weighted by Gasteiger charge is 2.35. The predicted octanol–water partition coefficient (Wildman–Crippen LogP) is 3.86. The molecule has 0 fully saturated rings. The third-order valence-electron chi connectivity index (χ3n) is 1.94. The van der Waals surface area contributed by atoms with E-state index >= 15 is 0 Å². The lowest BCUT2D eigenvalue weighted by molar-refractivity contribution is 0.645. The Bertz CT molecular complexity index is 105. The van der Waals surface area contributed by atoms with Crippen molar-refractivity contribution in [2.45, 2.75) is 51.6 Å². The summed E-state index contributed by atoms with van der Waals surface area (Å²) in [5.41, 5.74) is 0.859. The topological polar surface area (TPSA) is 0 Å². The van der Waals surface area contributed by atoms with Crippen LogP contribution < -0.4 is 0 Å². The summed E-state index contributed by atoms with van der Waals surface area (Å²) >= 11 is 5.98. The van der Waals surface area contributed by atoms with Crippen LogP contribution in [0.25, 0.3) is 0 Å². The molecule has 0 unspecified atom stereocenters. The molecule has 0 saturated carbocycles. The molecule has 1 radical (unpaired) electrons. The molecule has 0 bridgehead atoms. The fourth-order valence-electron chi connectivity index (χ4n) is 1.53. The molecule has 0 nitrogen and oxygen atoms in total. The van der Waals surface area contributed by atoms with Gasteiger partial charge in [0.2, 0.25) is 0 Å². The molecule has 0 heterocycles. The third kappa shape index (κ3) is 3.61. The first-order chi connectivity index (χ1) is 4.69. The number of halogens is 1. The Morgan fingerprint density at radius 3 is 1.18 bits per heavy atom. The van der Waals surface area contributed by atoms with E-state index in [9.17, 15) is 0 Å². The molecule has 0 spiro atoms. The number of rotatable bonds is 1. The Hall–Kier alpha value is 0.507. The van der Waals surface area contributed by atoms with E-state index in [0.717, 1.165) is 5.50 Å². The molecule has 0 N–H and O–H groups in total. The van der Waals surface area contributed by atoms with E-state index < -0.39 is 8.80 Å². The fourth-order valence-corrected chi connectivity index (χ4v) is 6.98. The van der Waals surface area contributed by atoms with Crippen molar-refractivity contribution < 1.29 is 0 Å². The summed E-state index contributed by atoms with van der Waals surface area (Å²) in [5, 5.41) is 0.843. The molecule has 0 amide bonds. The second kappa shape index (κ2) is 3.49. The maximum Gasteiger partial charge on any atom is 0.0772 e. The van der Waals surface area contributed by atoms with Gasteiger partial charge < -0.3 is 0 Å². The van der Waals surface area contributed by atoms with E-state index in [0.29, 0.717) is 10.1 Å². The predicted molar refractivity (Wildman–Crippen MR) is 55.9 cm³/mol. The molecule has 0 aromatic rings. The zero-order chi connectivity index (χ0) is 9.28. The first-order valence-corrected chi connectivity index (χ1v) is 6.36. The Morgan fingerprint density at radius 2 is 1.18 bits per heavy atom. The summed E-state index contributed by atoms with van der Waals surface area (Å²) in [4.78, 5) is 0. The lowest BCUT2D eigenvalue weighted by Gasteiger charge is -2.37. The third-order valence-corrected chi connectivity index (χ3v) is 6.63. The zero-order valence-corrected chi connectivity index (χ0v) is 10.3. The van der Waals surface area contributed by atoms with Gasteiger partial charge in [0.25, 0.3) is 0 Å². The van der Waals surface area contributed by atoms with E-state index in [1.165, 1.54) is 0 Å². The van der Waals surface area contributed by atoms with Crippen LogP contribution in [-0.4, -0.2) is 14.3 Å². The van der Waals surface area contributed by atoms with Crippen molar-refractivity contribution in [2.75, 3.05) is 5.50 Å². The lowest BCUT2D eigenvalue weighted by Crippen LogP contribution is -2.37. The highest BCUT2D eigenvalue weighted by molar-refractivity contribution is 6.72. The van der Waals surface area contributed by atoms with E-state index in [-0.39, 0.29) is 0 Å². The maximum atomic E-state index is 5.98. The van der Waals surface area contributed by atoms with Gasteiger partial charge in [0.05, 0.1) is 8.80 Å². The normalized spacial score (nSPS) is 14.2. The molecule has 11 heavy (non-hydrogen) atoms. The molecule has 0 rings (SSSR count). The van der Waals surface area contributed by atoms with Gasteiger partial charge in [-0.05, 0) is 10.1 Å². The van der Waals surface area contributed by atoms with Crippen LogP contribution in [0, 0.1) is 0 Å². The van der Waals surface area contributed by atoms with Crippen molar-refractivity contribution in [3.63, 3.8) is 0 Å². The minimum absolute atomic E-state index is 0.421. The SMILES string of the molecule is CC(C)(C)[Si](CCl)C(C)(C)C. The molecule has 0 aliphatic carbocycles. The Kier molecular flexibility index (Phi) is 3.65. The molecule has 0 aliphatic rings. The molecule has 2 heteroatoms. The quantitative estimate of drug-likeness (QED) is 0.436. The fraction of sp³-hybridized carbons (Fsp3) is 1.00. The van der Waals surface area contributed by atoms with Crippen LogP contribution in [-0.2, 0) is 0 Å². The van der Waals surface area contributed by atoms with E-state index in [1.54, 1.807) is 0 Å². The standard InChI is InChI=1S/C9H20ClSi/c1-8(2,3)11(7-10)9(4,5)6/h7H2,1-6H3. The Labute approximate surface area is 77.9 Å². The summed E-state index contributed by atoms with van der Waals surface area (Å²) < 4.78 is 0. The van der Waals surface area contributed by atoms with Gasteiger partial charge in [-0.1, -0.05) is 41.5 Å². The largest absolute Gasteiger partial charge is 0.130 e. The van der Waals surface area contributed by atoms with Crippen LogP contribution in [0.3, 0.4) is 0 Å². The zero-order valence-electron chi connectivity index (χ0n) is 8.59. The number of alkyl halides is 1. The highest BCUT2D eigenvalue weighted by Crippen LogP contribution is 2.42. The van der Waals surface area contributed by atoms with Crippen molar-refractivity contribution in [3.05, 3.63) is 0 Å². The van der Waals surface area contributed by atoms with Gasteiger partial charge in [0.1, 0.15) is 0 Å². The molecule has 0 aromatic carbocycles. The van der Waals surface area contributed by atoms with Gasteiger partial charge in [-0.25, -0.2) is 0 Å². The molecular weight excluding hydrogens is 172 g/mol. The molecule has 67 valence electrons. The minimum atomic E-state index is -0.450. The first-order valence-electron chi connectivity index (χ1n) is 4.12. The maximum absolute atomic E-state index is 5.98. The molecule has 0 aromatic heterocycles. The summed E-state index contributed by atoms with van der Waals surface area (Å²) in [6.45, 7) is 13.8. The van der Waals surface area contributed by atoms with Gasteiger partial charge in [-0.3, -0.25) is 0 Å². The first kappa shape index (κ1) is 11.5. The van der Waals surface area contributed by atoms with Crippen LogP contribution >= 0.6 is 11.6 Å². The number of hydrogen-bond donors (Lipinski definition) is 0. The van der Waals surface area contributed by atoms with Crippen LogP contribution in [0.5, 0.6) is 0 Å². The smallest absolute Gasteiger partial charge is 0.0772 e. The molecule has 0 saturated heterocycles. The van der Waals surface area contributed by atoms with Crippen molar-refractivity contribution >= 4 is 20.4 Å². The highest BCUT2D eigenvalue weighted by atomic mass is 35.5. The molecule has 0 atom stereocenters. The second-order valence-corrected chi connectivity index (χ2v) is 10.1. The van der Waals surface area contributed by atoms with Gasteiger partial charge in [0, 0.05) is 5.50 Å². The minimum Gasteiger partial charge on any atom is -0.130 e. The summed E-state index contributed by atoms with van der Waals surface area (Å²) in [6, 6.07) is 0. The van der Waals surface area contributed by atoms with Crippen molar-refractivity contribution in [3.8, 4) is 0 Å². The van der Waals surface area contributed by atoms with Crippen molar-refractivity contribution in [1.29, 1.82) is 0 Å². The Balaban J connectivity index is 4.43. The van der Waals surface area contributed by atoms with Crippen molar-refractivity contribution in [2.24, 2.45) is 0 Å². The van der Waals surface area contributed by atoms with E-state index in [1.807, 2.05) is 0 Å². The monoisotopic (exact) mass is 191 g/mol. The van der Waals surface area contributed by atoms with Crippen LogP contribution in [0.4, 0.5) is 0 Å². The van der Waals surface area contributed by atoms with Gasteiger partial charge >= 0.3 is 0 Å². The second-order valence-electron chi connectivity index (χ2n) is 5.11. The molecular formula is C9H20ClSi. The average molecular weight is 192 g/mol. The Morgan fingerprint density at radius 1 is 0.909 bits per heavy atom. The van der Waals surface area contributed by atoms with Gasteiger partial charge in [0.15, 0.2) is 0 Å². The summed E-state index contributed by atoms with van der Waals surface area (Å²) in [6.07, 6.45) is 0. The van der Waals surface area contributed by atoms with Crippen LogP contribution in [0.15, 0.2) is 0 Å². The number of hydrogen-bond acceptors (Lipinski definition) is 0. The van der Waals surface area contributed by atoms with Crippen molar-refractivity contribution in [1.82, 2.24) is 0 Å². The van der Waals surface area contributed by atoms with Crippen LogP contribution in [0.1, 0.15) is 41.5 Å². The average Bonchev–Trinajstić information content (AvgIpc) is 1.56. The molecule has 0 aliphatic heterocycles. The van der Waals surface area contributed by atoms with E-state index in [4.69, 9.17) is 11.6 Å². The van der Waals surface area contributed by atoms with Gasteiger partial charge in [-0.15, -0.1) is 11.6 Å². The van der Waals surface area contributed by atoms with Crippen LogP contribution in [0.2, 0.25) is 10.1 Å². The summed E-state index contributed by atoms with van der Waals surface area (Å²) in [5.74, 6) is 0. The van der Waals surface area contributed by atoms with E-state index in [2.05, 4.69) is 41.5 Å².